The zero-order chi connectivity index (χ0) is 9.14. The van der Waals surface area contributed by atoms with Crippen molar-refractivity contribution in [2.75, 3.05) is 0 Å². The zero-order valence-electron chi connectivity index (χ0n) is 6.05. The molecule has 0 aliphatic rings. The Balaban J connectivity index is 3.20. The van der Waals surface area contributed by atoms with Crippen LogP contribution in [0.2, 0.25) is 0 Å². The molecule has 0 aliphatic carbocycles. The highest BCUT2D eigenvalue weighted by Crippen LogP contribution is 2.18. The van der Waals surface area contributed by atoms with Gasteiger partial charge < -0.3 is 5.11 Å². The van der Waals surface area contributed by atoms with Gasteiger partial charge in [-0.05, 0) is 23.8 Å². The van der Waals surface area contributed by atoms with E-state index < -0.39 is 5.97 Å². The third-order valence-corrected chi connectivity index (χ3v) is 2.22. The fraction of sp³-hybridized carbons (Fsp3) is 0.125. The summed E-state index contributed by atoms with van der Waals surface area (Å²) in [6.45, 7) is 0. The van der Waals surface area contributed by atoms with E-state index in [1.807, 2.05) is 0 Å². The van der Waals surface area contributed by atoms with Gasteiger partial charge in [0.2, 0.25) is 0 Å². The largest absolute Gasteiger partial charge is 0.478 e. The van der Waals surface area contributed by atoms with Crippen LogP contribution in [0.5, 0.6) is 0 Å². The van der Waals surface area contributed by atoms with E-state index in [4.69, 9.17) is 16.7 Å². The van der Waals surface area contributed by atoms with E-state index in [1.165, 1.54) is 6.07 Å². The van der Waals surface area contributed by atoms with E-state index in [0.29, 0.717) is 5.56 Å². The summed E-state index contributed by atoms with van der Waals surface area (Å²) in [5.41, 5.74) is 0.881. The summed E-state index contributed by atoms with van der Waals surface area (Å²) in [5, 5.41) is 8.71. The normalized spacial score (nSPS) is 9.83. The Hall–Kier alpha value is -0.540. The van der Waals surface area contributed by atoms with Crippen molar-refractivity contribution in [1.29, 1.82) is 0 Å². The Morgan fingerprint density at radius 2 is 2.25 bits per heavy atom. The Morgan fingerprint density at radius 3 is 2.75 bits per heavy atom. The van der Waals surface area contributed by atoms with Gasteiger partial charge in [0.15, 0.2) is 0 Å². The summed E-state index contributed by atoms with van der Waals surface area (Å²) in [7, 11) is 0. The highest BCUT2D eigenvalue weighted by atomic mass is 79.9. The van der Waals surface area contributed by atoms with E-state index in [1.54, 1.807) is 12.1 Å². The molecular weight excluding hydrogens is 243 g/mol. The predicted octanol–water partition coefficient (Wildman–Crippen LogP) is 2.89. The second kappa shape index (κ2) is 3.92. The van der Waals surface area contributed by atoms with Gasteiger partial charge >= 0.3 is 5.97 Å². The summed E-state index contributed by atoms with van der Waals surface area (Å²) >= 11 is 8.80. The van der Waals surface area contributed by atoms with Crippen molar-refractivity contribution in [3.63, 3.8) is 0 Å². The molecule has 0 fully saturated rings. The van der Waals surface area contributed by atoms with E-state index in [9.17, 15) is 4.79 Å². The second-order valence-corrected chi connectivity index (χ2v) is 3.42. The van der Waals surface area contributed by atoms with Crippen LogP contribution < -0.4 is 0 Å². The first-order valence-electron chi connectivity index (χ1n) is 3.23. The van der Waals surface area contributed by atoms with Crippen molar-refractivity contribution in [3.05, 3.63) is 33.8 Å². The minimum Gasteiger partial charge on any atom is -0.478 e. The molecule has 0 saturated heterocycles. The molecular formula is C8H6BrClO2. The van der Waals surface area contributed by atoms with Gasteiger partial charge in [-0.1, -0.05) is 15.9 Å². The maximum atomic E-state index is 10.6. The number of rotatable bonds is 2. The monoisotopic (exact) mass is 248 g/mol. The molecule has 0 saturated carbocycles. The van der Waals surface area contributed by atoms with Gasteiger partial charge in [0.05, 0.1) is 5.56 Å². The molecule has 1 N–H and O–H groups in total. The molecule has 0 amide bonds. The van der Waals surface area contributed by atoms with Gasteiger partial charge in [-0.3, -0.25) is 0 Å². The van der Waals surface area contributed by atoms with Gasteiger partial charge in [0.25, 0.3) is 0 Å². The van der Waals surface area contributed by atoms with Gasteiger partial charge in [0, 0.05) is 10.4 Å². The molecule has 0 radical (unpaired) electrons. The molecule has 64 valence electrons. The van der Waals surface area contributed by atoms with Crippen LogP contribution >= 0.6 is 27.5 Å². The first-order chi connectivity index (χ1) is 5.65. The summed E-state index contributed by atoms with van der Waals surface area (Å²) in [6, 6.07) is 4.92. The van der Waals surface area contributed by atoms with Crippen molar-refractivity contribution in [3.8, 4) is 0 Å². The molecule has 0 bridgehead atoms. The number of halogens is 2. The van der Waals surface area contributed by atoms with Crippen LogP contribution in [0, 0.1) is 0 Å². The first kappa shape index (κ1) is 9.55. The van der Waals surface area contributed by atoms with E-state index >= 15 is 0 Å². The first-order valence-corrected chi connectivity index (χ1v) is 4.55. The average molecular weight is 249 g/mol. The maximum absolute atomic E-state index is 10.6. The van der Waals surface area contributed by atoms with Crippen LogP contribution in [0.15, 0.2) is 22.7 Å². The van der Waals surface area contributed by atoms with Gasteiger partial charge in [-0.15, -0.1) is 11.6 Å². The molecule has 0 spiro atoms. The minimum absolute atomic E-state index is 0.209. The topological polar surface area (TPSA) is 37.3 Å². The third-order valence-electron chi connectivity index (χ3n) is 1.44. The van der Waals surface area contributed by atoms with Crippen LogP contribution in [-0.4, -0.2) is 11.1 Å². The predicted molar refractivity (Wildman–Crippen MR) is 50.7 cm³/mol. The number of alkyl halides is 1. The van der Waals surface area contributed by atoms with Crippen molar-refractivity contribution >= 4 is 33.5 Å². The van der Waals surface area contributed by atoms with Crippen LogP contribution in [0.4, 0.5) is 0 Å². The molecule has 1 aromatic rings. The zero-order valence-corrected chi connectivity index (χ0v) is 8.39. The smallest absolute Gasteiger partial charge is 0.336 e. The SMILES string of the molecule is O=C(O)c1ccc(Br)cc1CCl. The lowest BCUT2D eigenvalue weighted by Crippen LogP contribution is -2.00. The van der Waals surface area contributed by atoms with E-state index in [0.717, 1.165) is 4.47 Å². The number of carboxylic acids is 1. The molecule has 12 heavy (non-hydrogen) atoms. The molecule has 1 rings (SSSR count). The fourth-order valence-corrected chi connectivity index (χ4v) is 1.51. The van der Waals surface area contributed by atoms with Gasteiger partial charge in [-0.2, -0.15) is 0 Å². The van der Waals surface area contributed by atoms with Gasteiger partial charge in [-0.25, -0.2) is 4.79 Å². The van der Waals surface area contributed by atoms with Crippen molar-refractivity contribution in [2.24, 2.45) is 0 Å². The third kappa shape index (κ3) is 1.99. The molecule has 2 nitrogen and oxygen atoms in total. The molecule has 0 aliphatic heterocycles. The molecule has 0 heterocycles. The Morgan fingerprint density at radius 1 is 1.58 bits per heavy atom. The average Bonchev–Trinajstić information content (AvgIpc) is 2.03. The fourth-order valence-electron chi connectivity index (χ4n) is 0.881. The molecule has 4 heteroatoms. The van der Waals surface area contributed by atoms with Crippen LogP contribution in [0.1, 0.15) is 15.9 Å². The number of hydrogen-bond donors (Lipinski definition) is 1. The second-order valence-electron chi connectivity index (χ2n) is 2.24. The lowest BCUT2D eigenvalue weighted by molar-refractivity contribution is 0.0696. The standard InChI is InChI=1S/C8H6BrClO2/c9-6-1-2-7(8(11)12)5(3-6)4-10/h1-3H,4H2,(H,11,12). The lowest BCUT2D eigenvalue weighted by atomic mass is 10.1. The maximum Gasteiger partial charge on any atom is 0.336 e. The Bertz CT molecular complexity index is 312. The van der Waals surface area contributed by atoms with Crippen LogP contribution in [-0.2, 0) is 5.88 Å². The number of carboxylic acid groups (broad SMARTS) is 1. The number of benzene rings is 1. The van der Waals surface area contributed by atoms with Crippen LogP contribution in [0.25, 0.3) is 0 Å². The van der Waals surface area contributed by atoms with Crippen LogP contribution in [0.3, 0.4) is 0 Å². The van der Waals surface area contributed by atoms with Crippen molar-refractivity contribution < 1.29 is 9.90 Å². The number of carbonyl (C=O) groups is 1. The summed E-state index contributed by atoms with van der Waals surface area (Å²) < 4.78 is 0.836. The van der Waals surface area contributed by atoms with E-state index in [2.05, 4.69) is 15.9 Å². The Labute approximate surface area is 83.3 Å². The summed E-state index contributed by atoms with van der Waals surface area (Å²) in [6.07, 6.45) is 0. The van der Waals surface area contributed by atoms with Crippen molar-refractivity contribution in [1.82, 2.24) is 0 Å². The molecule has 0 atom stereocenters. The van der Waals surface area contributed by atoms with E-state index in [-0.39, 0.29) is 11.4 Å². The summed E-state index contributed by atoms with van der Waals surface area (Å²) in [4.78, 5) is 10.6. The number of aromatic carboxylic acids is 1. The molecule has 1 aromatic carbocycles. The lowest BCUT2D eigenvalue weighted by Gasteiger charge is -2.01. The quantitative estimate of drug-likeness (QED) is 0.818. The van der Waals surface area contributed by atoms with Crippen molar-refractivity contribution in [2.45, 2.75) is 5.88 Å². The number of hydrogen-bond acceptors (Lipinski definition) is 1. The molecule has 0 unspecified atom stereocenters. The van der Waals surface area contributed by atoms with Gasteiger partial charge in [0.1, 0.15) is 0 Å². The molecule has 0 aromatic heterocycles. The summed E-state index contributed by atoms with van der Waals surface area (Å²) in [5.74, 6) is -0.737. The highest BCUT2D eigenvalue weighted by Gasteiger charge is 2.08. The highest BCUT2D eigenvalue weighted by molar-refractivity contribution is 9.10. The Kier molecular flexibility index (Phi) is 3.12. The minimum atomic E-state index is -0.946.